The third-order valence-corrected chi connectivity index (χ3v) is 4.96. The summed E-state index contributed by atoms with van der Waals surface area (Å²) in [5.74, 6) is 0.119. The summed E-state index contributed by atoms with van der Waals surface area (Å²) in [6, 6.07) is 16.1. The maximum atomic E-state index is 12.9. The molecule has 1 aromatic heterocycles. The van der Waals surface area contributed by atoms with E-state index in [4.69, 9.17) is 0 Å². The van der Waals surface area contributed by atoms with Crippen LogP contribution in [0.3, 0.4) is 0 Å². The van der Waals surface area contributed by atoms with E-state index >= 15 is 0 Å². The second kappa shape index (κ2) is 5.74. The molecular weight excluding hydrogens is 306 g/mol. The van der Waals surface area contributed by atoms with E-state index in [1.807, 2.05) is 58.2 Å². The number of amides is 1. The Bertz CT molecular complexity index is 887. The predicted molar refractivity (Wildman–Crippen MR) is 94.0 cm³/mol. The zero-order chi connectivity index (χ0) is 15.8. The predicted octanol–water partition coefficient (Wildman–Crippen LogP) is 3.35. The lowest BCUT2D eigenvalue weighted by Crippen LogP contribution is -2.32. The average Bonchev–Trinajstić information content (AvgIpc) is 3.16. The Hall–Kier alpha value is -2.27. The molecule has 116 valence electrons. The fourth-order valence-corrected chi connectivity index (χ4v) is 3.75. The van der Waals surface area contributed by atoms with Crippen molar-refractivity contribution in [3.05, 3.63) is 54.1 Å². The number of carbonyl (C=O) groups excluding carboxylic acids is 1. The highest BCUT2D eigenvalue weighted by Crippen LogP contribution is 2.29. The number of para-hydroxylation sites is 3. The molecule has 0 aliphatic carbocycles. The molecule has 0 atom stereocenters. The lowest BCUT2D eigenvalue weighted by atomic mass is 10.2. The summed E-state index contributed by atoms with van der Waals surface area (Å²) >= 11 is 1.57. The van der Waals surface area contributed by atoms with Crippen molar-refractivity contribution >= 4 is 34.4 Å². The first-order valence-electron chi connectivity index (χ1n) is 7.65. The fourth-order valence-electron chi connectivity index (χ4n) is 3.18. The molecule has 0 saturated carbocycles. The van der Waals surface area contributed by atoms with Gasteiger partial charge in [0.15, 0.2) is 5.16 Å². The number of hydrogen-bond donors (Lipinski definition) is 0. The van der Waals surface area contributed by atoms with Gasteiger partial charge in [-0.1, -0.05) is 42.1 Å². The summed E-state index contributed by atoms with van der Waals surface area (Å²) < 4.78 is 2.02. The van der Waals surface area contributed by atoms with Crippen molar-refractivity contribution in [1.29, 1.82) is 0 Å². The molecule has 0 fully saturated rings. The van der Waals surface area contributed by atoms with Gasteiger partial charge in [0, 0.05) is 12.2 Å². The minimum Gasteiger partial charge on any atom is -0.310 e. The standard InChI is InChI=1S/C18H17N3OS/c1-23-18-19-14-7-3-5-9-16(14)21(18)12-17(22)20-11-10-13-6-2-4-8-15(13)20/h2-9H,10-12H2,1H3. The number of imidazole rings is 1. The Labute approximate surface area is 139 Å². The van der Waals surface area contributed by atoms with Crippen molar-refractivity contribution < 1.29 is 4.79 Å². The minimum absolute atomic E-state index is 0.119. The van der Waals surface area contributed by atoms with Gasteiger partial charge in [-0.25, -0.2) is 4.98 Å². The normalized spacial score (nSPS) is 13.5. The molecular formula is C18H17N3OS. The summed E-state index contributed by atoms with van der Waals surface area (Å²) in [5, 5.41) is 0.882. The summed E-state index contributed by atoms with van der Waals surface area (Å²) in [7, 11) is 0. The number of fused-ring (bicyclic) bond motifs is 2. The second-order valence-electron chi connectivity index (χ2n) is 5.60. The summed E-state index contributed by atoms with van der Waals surface area (Å²) in [6.07, 6.45) is 2.93. The van der Waals surface area contributed by atoms with E-state index in [0.717, 1.165) is 34.8 Å². The van der Waals surface area contributed by atoms with E-state index < -0.39 is 0 Å². The van der Waals surface area contributed by atoms with Gasteiger partial charge >= 0.3 is 0 Å². The molecule has 0 spiro atoms. The number of thioether (sulfide) groups is 1. The molecule has 0 N–H and O–H groups in total. The van der Waals surface area contributed by atoms with Crippen molar-refractivity contribution in [2.24, 2.45) is 0 Å². The number of rotatable bonds is 3. The average molecular weight is 323 g/mol. The van der Waals surface area contributed by atoms with Gasteiger partial charge in [-0.3, -0.25) is 4.79 Å². The van der Waals surface area contributed by atoms with Gasteiger partial charge in [0.25, 0.3) is 0 Å². The van der Waals surface area contributed by atoms with Crippen molar-refractivity contribution in [2.45, 2.75) is 18.1 Å². The van der Waals surface area contributed by atoms with Crippen LogP contribution in [0, 0.1) is 0 Å². The Morgan fingerprint density at radius 3 is 2.83 bits per heavy atom. The number of anilines is 1. The Balaban J connectivity index is 1.68. The zero-order valence-electron chi connectivity index (χ0n) is 12.9. The van der Waals surface area contributed by atoms with E-state index in [2.05, 4.69) is 11.1 Å². The topological polar surface area (TPSA) is 38.1 Å². The minimum atomic E-state index is 0.119. The maximum Gasteiger partial charge on any atom is 0.247 e. The van der Waals surface area contributed by atoms with Crippen LogP contribution in [0.15, 0.2) is 53.7 Å². The van der Waals surface area contributed by atoms with Crippen LogP contribution in [-0.4, -0.2) is 28.3 Å². The van der Waals surface area contributed by atoms with Crippen molar-refractivity contribution in [2.75, 3.05) is 17.7 Å². The van der Waals surface area contributed by atoms with Crippen molar-refractivity contribution in [1.82, 2.24) is 9.55 Å². The SMILES string of the molecule is CSc1nc2ccccc2n1CC(=O)N1CCc2ccccc21. The first-order chi connectivity index (χ1) is 11.3. The first-order valence-corrected chi connectivity index (χ1v) is 8.88. The molecule has 0 unspecified atom stereocenters. The van der Waals surface area contributed by atoms with Crippen LogP contribution in [0.25, 0.3) is 11.0 Å². The van der Waals surface area contributed by atoms with E-state index in [1.54, 1.807) is 11.8 Å². The van der Waals surface area contributed by atoms with Crippen molar-refractivity contribution in [3.63, 3.8) is 0 Å². The first kappa shape index (κ1) is 14.3. The third kappa shape index (κ3) is 2.41. The van der Waals surface area contributed by atoms with E-state index in [9.17, 15) is 4.79 Å². The van der Waals surface area contributed by atoms with Crippen LogP contribution in [0.5, 0.6) is 0 Å². The highest BCUT2D eigenvalue weighted by atomic mass is 32.2. The molecule has 2 aromatic carbocycles. The third-order valence-electron chi connectivity index (χ3n) is 4.28. The molecule has 1 aliphatic rings. The number of nitrogens with zero attached hydrogens (tertiary/aromatic N) is 3. The van der Waals surface area contributed by atoms with Gasteiger partial charge in [-0.15, -0.1) is 0 Å². The van der Waals surface area contributed by atoms with Crippen molar-refractivity contribution in [3.8, 4) is 0 Å². The fraction of sp³-hybridized carbons (Fsp3) is 0.222. The lowest BCUT2D eigenvalue weighted by molar-refractivity contribution is -0.119. The van der Waals surface area contributed by atoms with Crippen LogP contribution < -0.4 is 4.90 Å². The monoisotopic (exact) mass is 323 g/mol. The van der Waals surface area contributed by atoms with E-state index in [-0.39, 0.29) is 5.91 Å². The lowest BCUT2D eigenvalue weighted by Gasteiger charge is -2.18. The maximum absolute atomic E-state index is 12.9. The Morgan fingerprint density at radius 2 is 1.96 bits per heavy atom. The van der Waals surface area contributed by atoms with Gasteiger partial charge in [0.2, 0.25) is 5.91 Å². The van der Waals surface area contributed by atoms with Gasteiger partial charge in [-0.2, -0.15) is 0 Å². The molecule has 1 aliphatic heterocycles. The summed E-state index contributed by atoms with van der Waals surface area (Å²) in [4.78, 5) is 19.4. The zero-order valence-corrected chi connectivity index (χ0v) is 13.7. The number of aromatic nitrogens is 2. The molecule has 23 heavy (non-hydrogen) atoms. The smallest absolute Gasteiger partial charge is 0.247 e. The van der Waals surface area contributed by atoms with Gasteiger partial charge in [0.1, 0.15) is 6.54 Å². The highest BCUT2D eigenvalue weighted by Gasteiger charge is 2.25. The number of benzene rings is 2. The molecule has 1 amide bonds. The Morgan fingerprint density at radius 1 is 1.17 bits per heavy atom. The van der Waals surface area contributed by atoms with Crippen LogP contribution in [0.1, 0.15) is 5.56 Å². The molecule has 5 heteroatoms. The Kier molecular flexibility index (Phi) is 3.58. The summed E-state index contributed by atoms with van der Waals surface area (Å²) in [6.45, 7) is 1.09. The second-order valence-corrected chi connectivity index (χ2v) is 6.37. The van der Waals surface area contributed by atoms with E-state index in [1.165, 1.54) is 5.56 Å². The molecule has 3 aromatic rings. The molecule has 2 heterocycles. The largest absolute Gasteiger partial charge is 0.310 e. The number of hydrogen-bond acceptors (Lipinski definition) is 3. The van der Waals surface area contributed by atoms with E-state index in [0.29, 0.717) is 6.54 Å². The van der Waals surface area contributed by atoms with Crippen LogP contribution in [-0.2, 0) is 17.8 Å². The molecule has 0 radical (unpaired) electrons. The van der Waals surface area contributed by atoms with Crippen LogP contribution >= 0.6 is 11.8 Å². The highest BCUT2D eigenvalue weighted by molar-refractivity contribution is 7.98. The molecule has 0 saturated heterocycles. The number of carbonyl (C=O) groups is 1. The van der Waals surface area contributed by atoms with Gasteiger partial charge in [-0.05, 0) is 36.4 Å². The molecule has 0 bridgehead atoms. The summed E-state index contributed by atoms with van der Waals surface area (Å²) in [5.41, 5.74) is 4.25. The van der Waals surface area contributed by atoms with Crippen LogP contribution in [0.2, 0.25) is 0 Å². The quantitative estimate of drug-likeness (QED) is 0.694. The van der Waals surface area contributed by atoms with Crippen LogP contribution in [0.4, 0.5) is 5.69 Å². The van der Waals surface area contributed by atoms with Gasteiger partial charge in [0.05, 0.1) is 11.0 Å². The molecule has 4 rings (SSSR count). The van der Waals surface area contributed by atoms with Gasteiger partial charge < -0.3 is 9.47 Å². The molecule has 4 nitrogen and oxygen atoms in total.